The van der Waals surface area contributed by atoms with Gasteiger partial charge in [-0.15, -0.1) is 11.3 Å². The van der Waals surface area contributed by atoms with Gasteiger partial charge in [-0.1, -0.05) is 6.42 Å². The van der Waals surface area contributed by atoms with Gasteiger partial charge in [0, 0.05) is 37.8 Å². The van der Waals surface area contributed by atoms with Gasteiger partial charge in [0.25, 0.3) is 5.91 Å². The van der Waals surface area contributed by atoms with Crippen molar-refractivity contribution in [3.63, 3.8) is 0 Å². The van der Waals surface area contributed by atoms with E-state index in [2.05, 4.69) is 31.0 Å². The van der Waals surface area contributed by atoms with Gasteiger partial charge >= 0.3 is 0 Å². The molecule has 1 aliphatic carbocycles. The van der Waals surface area contributed by atoms with Gasteiger partial charge in [-0.25, -0.2) is 4.98 Å². The average molecular weight is 359 g/mol. The zero-order valence-corrected chi connectivity index (χ0v) is 15.5. The fraction of sp³-hybridized carbons (Fsp3) is 0.611. The molecule has 4 rings (SSSR count). The van der Waals surface area contributed by atoms with Crippen molar-refractivity contribution in [2.75, 3.05) is 19.6 Å². The van der Waals surface area contributed by atoms with E-state index in [1.54, 1.807) is 0 Å². The molecule has 0 aromatic carbocycles. The lowest BCUT2D eigenvalue weighted by Crippen LogP contribution is -2.42. The smallest absolute Gasteiger partial charge is 0.270 e. The zero-order valence-electron chi connectivity index (χ0n) is 14.6. The van der Waals surface area contributed by atoms with E-state index in [-0.39, 0.29) is 5.91 Å². The number of aryl methyl sites for hydroxylation is 1. The molecule has 0 bridgehead atoms. The van der Waals surface area contributed by atoms with Crippen molar-refractivity contribution in [2.24, 2.45) is 5.92 Å². The van der Waals surface area contributed by atoms with E-state index < -0.39 is 0 Å². The predicted octanol–water partition coefficient (Wildman–Crippen LogP) is 2.62. The van der Waals surface area contributed by atoms with Crippen molar-refractivity contribution in [1.82, 2.24) is 25.0 Å². The standard InChI is InChI=1S/C18H25N5OS/c1-13-21-17(12-25-13)18(24)19-7-5-15-10-22(9-14-3-2-4-14)11-16-6-8-20-23(15)16/h6,8,12,14-15H,2-5,7,9-11H2,1H3,(H,19,24). The van der Waals surface area contributed by atoms with Gasteiger partial charge in [0.05, 0.1) is 16.7 Å². The summed E-state index contributed by atoms with van der Waals surface area (Å²) < 4.78 is 2.15. The number of thiazole rings is 1. The topological polar surface area (TPSA) is 63.1 Å². The van der Waals surface area contributed by atoms with E-state index in [0.717, 1.165) is 30.4 Å². The normalized spacial score (nSPS) is 20.9. The van der Waals surface area contributed by atoms with Crippen LogP contribution in [0.5, 0.6) is 0 Å². The van der Waals surface area contributed by atoms with E-state index in [0.29, 0.717) is 18.3 Å². The summed E-state index contributed by atoms with van der Waals surface area (Å²) in [6.07, 6.45) is 6.94. The first-order valence-corrected chi connectivity index (χ1v) is 10.0. The molecule has 1 amide bonds. The van der Waals surface area contributed by atoms with Crippen molar-refractivity contribution in [2.45, 2.75) is 45.2 Å². The second-order valence-electron chi connectivity index (χ2n) is 7.21. The fourth-order valence-corrected chi connectivity index (χ4v) is 4.36. The monoisotopic (exact) mass is 359 g/mol. The largest absolute Gasteiger partial charge is 0.351 e. The molecule has 1 N–H and O–H groups in total. The summed E-state index contributed by atoms with van der Waals surface area (Å²) in [6, 6.07) is 2.45. The van der Waals surface area contributed by atoms with Crippen LogP contribution in [0, 0.1) is 12.8 Å². The molecule has 0 radical (unpaired) electrons. The lowest BCUT2D eigenvalue weighted by molar-refractivity contribution is 0.0937. The Morgan fingerprint density at radius 2 is 2.32 bits per heavy atom. The van der Waals surface area contributed by atoms with Crippen molar-refractivity contribution in [1.29, 1.82) is 0 Å². The Hall–Kier alpha value is -1.73. The zero-order chi connectivity index (χ0) is 17.2. The second-order valence-corrected chi connectivity index (χ2v) is 8.27. The van der Waals surface area contributed by atoms with Gasteiger partial charge < -0.3 is 5.32 Å². The highest BCUT2D eigenvalue weighted by molar-refractivity contribution is 7.09. The van der Waals surface area contributed by atoms with Crippen LogP contribution in [0.1, 0.15) is 52.9 Å². The van der Waals surface area contributed by atoms with Crippen molar-refractivity contribution in [3.05, 3.63) is 34.0 Å². The van der Waals surface area contributed by atoms with Gasteiger partial charge in [-0.05, 0) is 38.2 Å². The van der Waals surface area contributed by atoms with E-state index in [4.69, 9.17) is 0 Å². The number of hydrogen-bond donors (Lipinski definition) is 1. The van der Waals surface area contributed by atoms with Crippen molar-refractivity contribution in [3.8, 4) is 0 Å². The third kappa shape index (κ3) is 3.77. The van der Waals surface area contributed by atoms with Crippen LogP contribution in [0.4, 0.5) is 0 Å². The number of rotatable bonds is 6. The number of hydrogen-bond acceptors (Lipinski definition) is 5. The number of carbonyl (C=O) groups excluding carboxylic acids is 1. The van der Waals surface area contributed by atoms with E-state index in [9.17, 15) is 4.79 Å². The SMILES string of the molecule is Cc1nc(C(=O)NCCC2CN(CC3CCC3)Cc3ccnn32)cs1. The number of aromatic nitrogens is 3. The minimum absolute atomic E-state index is 0.0767. The maximum atomic E-state index is 12.2. The third-order valence-corrected chi connectivity index (χ3v) is 6.08. The van der Waals surface area contributed by atoms with Crippen LogP contribution in [0.25, 0.3) is 0 Å². The Labute approximate surface area is 152 Å². The second kappa shape index (κ2) is 7.25. The van der Waals surface area contributed by atoms with Crippen LogP contribution >= 0.6 is 11.3 Å². The average Bonchev–Trinajstić information content (AvgIpc) is 3.19. The van der Waals surface area contributed by atoms with E-state index >= 15 is 0 Å². The minimum Gasteiger partial charge on any atom is -0.351 e. The van der Waals surface area contributed by atoms with Crippen LogP contribution in [0.3, 0.4) is 0 Å². The van der Waals surface area contributed by atoms with Crippen LogP contribution in [0.2, 0.25) is 0 Å². The highest BCUT2D eigenvalue weighted by Gasteiger charge is 2.28. The quantitative estimate of drug-likeness (QED) is 0.861. The first-order valence-electron chi connectivity index (χ1n) is 9.14. The molecule has 1 atom stereocenters. The molecule has 2 aromatic heterocycles. The molecule has 2 aliphatic rings. The molecule has 3 heterocycles. The number of fused-ring (bicyclic) bond motifs is 1. The molecular formula is C18H25N5OS. The Balaban J connectivity index is 1.33. The van der Waals surface area contributed by atoms with Crippen LogP contribution in [0.15, 0.2) is 17.6 Å². The van der Waals surface area contributed by atoms with E-state index in [1.165, 1.54) is 42.8 Å². The molecule has 6 nitrogen and oxygen atoms in total. The molecular weight excluding hydrogens is 334 g/mol. The summed E-state index contributed by atoms with van der Waals surface area (Å²) >= 11 is 1.51. The summed E-state index contributed by atoms with van der Waals surface area (Å²) in [7, 11) is 0. The Morgan fingerprint density at radius 1 is 1.44 bits per heavy atom. The molecule has 1 aliphatic heterocycles. The molecule has 1 saturated carbocycles. The third-order valence-electron chi connectivity index (χ3n) is 5.31. The van der Waals surface area contributed by atoms with Gasteiger partial charge in [0.2, 0.25) is 0 Å². The molecule has 134 valence electrons. The molecule has 0 spiro atoms. The highest BCUT2D eigenvalue weighted by atomic mass is 32.1. The van der Waals surface area contributed by atoms with Crippen LogP contribution in [-0.2, 0) is 6.54 Å². The summed E-state index contributed by atoms with van der Waals surface area (Å²) in [5, 5.41) is 10.3. The summed E-state index contributed by atoms with van der Waals surface area (Å²) in [4.78, 5) is 19.0. The lowest BCUT2D eigenvalue weighted by Gasteiger charge is -2.38. The molecule has 25 heavy (non-hydrogen) atoms. The van der Waals surface area contributed by atoms with Crippen LogP contribution < -0.4 is 5.32 Å². The lowest BCUT2D eigenvalue weighted by atomic mass is 9.85. The first kappa shape index (κ1) is 16.7. The number of nitrogens with one attached hydrogen (secondary N) is 1. The Morgan fingerprint density at radius 3 is 3.04 bits per heavy atom. The van der Waals surface area contributed by atoms with Crippen LogP contribution in [-0.4, -0.2) is 45.2 Å². The van der Waals surface area contributed by atoms with Gasteiger partial charge in [0.15, 0.2) is 0 Å². The van der Waals surface area contributed by atoms with Gasteiger partial charge in [-0.2, -0.15) is 5.10 Å². The molecule has 7 heteroatoms. The predicted molar refractivity (Wildman–Crippen MR) is 97.7 cm³/mol. The highest BCUT2D eigenvalue weighted by Crippen LogP contribution is 2.30. The van der Waals surface area contributed by atoms with Gasteiger partial charge in [-0.3, -0.25) is 14.4 Å². The van der Waals surface area contributed by atoms with Crippen molar-refractivity contribution < 1.29 is 4.79 Å². The fourth-order valence-electron chi connectivity index (χ4n) is 3.77. The number of nitrogens with zero attached hydrogens (tertiary/aromatic N) is 4. The van der Waals surface area contributed by atoms with Gasteiger partial charge in [0.1, 0.15) is 5.69 Å². The first-order chi connectivity index (χ1) is 12.2. The molecule has 0 saturated heterocycles. The Kier molecular flexibility index (Phi) is 4.85. The van der Waals surface area contributed by atoms with E-state index in [1.807, 2.05) is 18.5 Å². The maximum absolute atomic E-state index is 12.2. The summed E-state index contributed by atoms with van der Waals surface area (Å²) in [5.74, 6) is 0.801. The summed E-state index contributed by atoms with van der Waals surface area (Å²) in [5.41, 5.74) is 1.81. The number of amides is 1. The van der Waals surface area contributed by atoms with Crippen molar-refractivity contribution >= 4 is 17.2 Å². The molecule has 2 aromatic rings. The molecule has 1 unspecified atom stereocenters. The number of carbonyl (C=O) groups is 1. The summed E-state index contributed by atoms with van der Waals surface area (Å²) in [6.45, 7) is 5.79. The Bertz CT molecular complexity index is 735. The minimum atomic E-state index is -0.0767. The maximum Gasteiger partial charge on any atom is 0.270 e. The molecule has 1 fully saturated rings.